The third-order valence-electron chi connectivity index (χ3n) is 7.63. The van der Waals surface area contributed by atoms with E-state index in [0.717, 1.165) is 50.4 Å². The molecule has 31 heavy (non-hydrogen) atoms. The Balaban J connectivity index is 1.29. The molecule has 0 radical (unpaired) electrons. The molecule has 3 aliphatic rings. The standard InChI is InChI=1S/C25H33N3O3/c1-16(2)19-13-20(27-26-19)23(29)28-11-9-25(10-12-28)14-18-22(30-15-25)17-7-5-6-8-21(17)31-24(18,3)4/h5-8,13,16,18,22H,9-12,14-15H2,1-4H3,(H,26,27)/t18-,22+/m0/s1. The molecule has 1 aromatic heterocycles. The van der Waals surface area contributed by atoms with Crippen molar-refractivity contribution in [2.45, 2.75) is 64.6 Å². The lowest BCUT2D eigenvalue weighted by Crippen LogP contribution is -2.54. The van der Waals surface area contributed by atoms with Gasteiger partial charge < -0.3 is 14.4 Å². The Hall–Kier alpha value is -2.34. The van der Waals surface area contributed by atoms with Gasteiger partial charge in [0.05, 0.1) is 12.7 Å². The number of ether oxygens (including phenoxy) is 2. The van der Waals surface area contributed by atoms with E-state index in [2.05, 4.69) is 50.0 Å². The number of amides is 1. The molecule has 166 valence electrons. The molecule has 0 unspecified atom stereocenters. The molecule has 2 aromatic rings. The zero-order valence-electron chi connectivity index (χ0n) is 19.0. The number of carbonyl (C=O) groups excluding carboxylic acids is 1. The van der Waals surface area contributed by atoms with E-state index in [1.54, 1.807) is 0 Å². The second-order valence-corrected chi connectivity index (χ2v) is 10.4. The predicted molar refractivity (Wildman–Crippen MR) is 118 cm³/mol. The number of nitrogens with zero attached hydrogens (tertiary/aromatic N) is 2. The van der Waals surface area contributed by atoms with Crippen molar-refractivity contribution in [3.63, 3.8) is 0 Å². The average Bonchev–Trinajstić information content (AvgIpc) is 3.25. The van der Waals surface area contributed by atoms with Gasteiger partial charge in [0.15, 0.2) is 0 Å². The fraction of sp³-hybridized carbons (Fsp3) is 0.600. The van der Waals surface area contributed by atoms with Gasteiger partial charge in [0.1, 0.15) is 17.0 Å². The highest BCUT2D eigenvalue weighted by atomic mass is 16.5. The number of hydrogen-bond donors (Lipinski definition) is 1. The van der Waals surface area contributed by atoms with Crippen molar-refractivity contribution in [3.05, 3.63) is 47.3 Å². The van der Waals surface area contributed by atoms with Crippen LogP contribution in [0.4, 0.5) is 0 Å². The van der Waals surface area contributed by atoms with Crippen LogP contribution in [0.3, 0.4) is 0 Å². The highest BCUT2D eigenvalue weighted by molar-refractivity contribution is 5.92. The fourth-order valence-electron chi connectivity index (χ4n) is 5.54. The van der Waals surface area contributed by atoms with E-state index in [4.69, 9.17) is 9.47 Å². The Morgan fingerprint density at radius 3 is 2.68 bits per heavy atom. The van der Waals surface area contributed by atoms with Crippen molar-refractivity contribution in [2.75, 3.05) is 19.7 Å². The summed E-state index contributed by atoms with van der Waals surface area (Å²) in [6.45, 7) is 10.8. The summed E-state index contributed by atoms with van der Waals surface area (Å²) >= 11 is 0. The number of fused-ring (bicyclic) bond motifs is 3. The van der Waals surface area contributed by atoms with Crippen LogP contribution in [0.5, 0.6) is 5.75 Å². The number of aromatic nitrogens is 2. The van der Waals surface area contributed by atoms with Crippen LogP contribution in [-0.2, 0) is 4.74 Å². The van der Waals surface area contributed by atoms with E-state index in [-0.39, 0.29) is 23.0 Å². The summed E-state index contributed by atoms with van der Waals surface area (Å²) < 4.78 is 13.0. The zero-order valence-corrected chi connectivity index (χ0v) is 19.0. The van der Waals surface area contributed by atoms with Crippen LogP contribution < -0.4 is 4.74 Å². The third-order valence-corrected chi connectivity index (χ3v) is 7.63. The molecule has 1 spiro atoms. The van der Waals surface area contributed by atoms with Gasteiger partial charge >= 0.3 is 0 Å². The highest BCUT2D eigenvalue weighted by Crippen LogP contribution is 2.55. The highest BCUT2D eigenvalue weighted by Gasteiger charge is 2.52. The SMILES string of the molecule is CC(C)c1cc(C(=O)N2CCC3(CC2)CO[C@@H]2c4ccccc4OC(C)(C)[C@H]2C3)n[nH]1. The summed E-state index contributed by atoms with van der Waals surface area (Å²) in [5.41, 5.74) is 2.54. The van der Waals surface area contributed by atoms with Gasteiger partial charge in [0.25, 0.3) is 5.91 Å². The molecule has 6 nitrogen and oxygen atoms in total. The topological polar surface area (TPSA) is 67.5 Å². The molecule has 6 heteroatoms. The molecule has 2 saturated heterocycles. The number of benzene rings is 1. The molecule has 0 aliphatic carbocycles. The number of hydrogen-bond acceptors (Lipinski definition) is 4. The largest absolute Gasteiger partial charge is 0.487 e. The Bertz CT molecular complexity index is 972. The molecule has 1 amide bonds. The van der Waals surface area contributed by atoms with E-state index >= 15 is 0 Å². The van der Waals surface area contributed by atoms with E-state index in [1.165, 1.54) is 5.56 Å². The van der Waals surface area contributed by atoms with Crippen LogP contribution in [0, 0.1) is 11.3 Å². The van der Waals surface area contributed by atoms with E-state index in [9.17, 15) is 4.79 Å². The number of rotatable bonds is 2. The summed E-state index contributed by atoms with van der Waals surface area (Å²) in [5.74, 6) is 1.61. The van der Waals surface area contributed by atoms with Gasteiger partial charge in [-0.1, -0.05) is 32.0 Å². The molecule has 5 rings (SSSR count). The summed E-state index contributed by atoms with van der Waals surface area (Å²) in [7, 11) is 0. The number of piperidine rings is 1. The summed E-state index contributed by atoms with van der Waals surface area (Å²) in [6, 6.07) is 10.2. The van der Waals surface area contributed by atoms with Crippen LogP contribution in [0.1, 0.15) is 80.7 Å². The summed E-state index contributed by atoms with van der Waals surface area (Å²) in [4.78, 5) is 14.9. The first-order valence-electron chi connectivity index (χ1n) is 11.5. The van der Waals surface area contributed by atoms with Gasteiger partial charge in [-0.15, -0.1) is 0 Å². The van der Waals surface area contributed by atoms with E-state index in [0.29, 0.717) is 17.5 Å². The molecule has 1 aromatic carbocycles. The molecule has 0 saturated carbocycles. The van der Waals surface area contributed by atoms with Crippen LogP contribution in [0.2, 0.25) is 0 Å². The van der Waals surface area contributed by atoms with Gasteiger partial charge in [-0.25, -0.2) is 0 Å². The molecule has 2 fully saturated rings. The number of para-hydroxylation sites is 1. The zero-order chi connectivity index (χ0) is 21.8. The first kappa shape index (κ1) is 20.6. The Kier molecular flexibility index (Phi) is 4.88. The van der Waals surface area contributed by atoms with Crippen molar-refractivity contribution in [1.82, 2.24) is 15.1 Å². The minimum atomic E-state index is -0.276. The molecule has 3 aliphatic heterocycles. The maximum Gasteiger partial charge on any atom is 0.274 e. The Morgan fingerprint density at radius 2 is 1.97 bits per heavy atom. The summed E-state index contributed by atoms with van der Waals surface area (Å²) in [6.07, 6.45) is 3.08. The maximum absolute atomic E-state index is 13.0. The molecular formula is C25H33N3O3. The first-order valence-corrected chi connectivity index (χ1v) is 11.5. The second kappa shape index (κ2) is 7.37. The quantitative estimate of drug-likeness (QED) is 0.760. The van der Waals surface area contributed by atoms with Gasteiger partial charge in [-0.3, -0.25) is 9.89 Å². The smallest absolute Gasteiger partial charge is 0.274 e. The first-order chi connectivity index (χ1) is 14.8. The molecular weight excluding hydrogens is 390 g/mol. The monoisotopic (exact) mass is 423 g/mol. The van der Waals surface area contributed by atoms with Crippen LogP contribution in [-0.4, -0.2) is 46.3 Å². The van der Waals surface area contributed by atoms with Crippen LogP contribution in [0.25, 0.3) is 0 Å². The molecule has 4 heterocycles. The van der Waals surface area contributed by atoms with Crippen LogP contribution in [0.15, 0.2) is 30.3 Å². The van der Waals surface area contributed by atoms with Crippen molar-refractivity contribution < 1.29 is 14.3 Å². The second-order valence-electron chi connectivity index (χ2n) is 10.4. The van der Waals surface area contributed by atoms with Gasteiger partial charge in [0, 0.05) is 30.3 Å². The lowest BCUT2D eigenvalue weighted by Gasteiger charge is -2.54. The van der Waals surface area contributed by atoms with Gasteiger partial charge in [-0.2, -0.15) is 5.10 Å². The Morgan fingerprint density at radius 1 is 1.23 bits per heavy atom. The van der Waals surface area contributed by atoms with Gasteiger partial charge in [-0.05, 0) is 56.6 Å². The molecule has 2 atom stereocenters. The predicted octanol–water partition coefficient (Wildman–Crippen LogP) is 4.70. The summed E-state index contributed by atoms with van der Waals surface area (Å²) in [5, 5.41) is 7.25. The fourth-order valence-corrected chi connectivity index (χ4v) is 5.54. The number of nitrogens with one attached hydrogen (secondary N) is 1. The van der Waals surface area contributed by atoms with Gasteiger partial charge in [0.2, 0.25) is 0 Å². The lowest BCUT2D eigenvalue weighted by molar-refractivity contribution is -0.173. The Labute approximate surface area is 184 Å². The lowest BCUT2D eigenvalue weighted by atomic mass is 9.64. The van der Waals surface area contributed by atoms with E-state index in [1.807, 2.05) is 23.1 Å². The van der Waals surface area contributed by atoms with Crippen molar-refractivity contribution in [2.24, 2.45) is 11.3 Å². The van der Waals surface area contributed by atoms with Crippen molar-refractivity contribution >= 4 is 5.91 Å². The number of H-pyrrole nitrogens is 1. The molecule has 1 N–H and O–H groups in total. The van der Waals surface area contributed by atoms with Crippen molar-refractivity contribution in [1.29, 1.82) is 0 Å². The third kappa shape index (κ3) is 3.55. The normalized spacial score (nSPS) is 26.3. The van der Waals surface area contributed by atoms with Crippen molar-refractivity contribution in [3.8, 4) is 5.75 Å². The minimum absolute atomic E-state index is 0.0304. The number of likely N-dealkylation sites (tertiary alicyclic amines) is 1. The maximum atomic E-state index is 13.0. The average molecular weight is 424 g/mol. The number of aromatic amines is 1. The van der Waals surface area contributed by atoms with E-state index < -0.39 is 0 Å². The minimum Gasteiger partial charge on any atom is -0.487 e. The number of carbonyl (C=O) groups is 1. The molecule has 0 bridgehead atoms. The van der Waals surface area contributed by atoms with Crippen LogP contribution >= 0.6 is 0 Å².